The van der Waals surface area contributed by atoms with Crippen LogP contribution in [0, 0.1) is 5.92 Å². The minimum absolute atomic E-state index is 0.751. The monoisotopic (exact) mass is 266 g/mol. The highest BCUT2D eigenvalue weighted by molar-refractivity contribution is 5.48. The van der Waals surface area contributed by atoms with Crippen LogP contribution in [0.25, 0.3) is 0 Å². The van der Waals surface area contributed by atoms with Gasteiger partial charge in [0.2, 0.25) is 0 Å². The van der Waals surface area contributed by atoms with E-state index in [-0.39, 0.29) is 0 Å². The van der Waals surface area contributed by atoms with Gasteiger partial charge in [0.05, 0.1) is 0 Å². The van der Waals surface area contributed by atoms with Crippen LogP contribution in [0.15, 0.2) is 54.6 Å². The van der Waals surface area contributed by atoms with Crippen molar-refractivity contribution < 1.29 is 0 Å². The first-order chi connectivity index (χ1) is 9.86. The van der Waals surface area contributed by atoms with Gasteiger partial charge in [0.15, 0.2) is 0 Å². The lowest BCUT2D eigenvalue weighted by Crippen LogP contribution is -2.10. The molecule has 0 heterocycles. The molecule has 2 N–H and O–H groups in total. The molecule has 2 nitrogen and oxygen atoms in total. The number of hydrogen-bond acceptors (Lipinski definition) is 2. The Kier molecular flexibility index (Phi) is 4.03. The first-order valence-electron chi connectivity index (χ1n) is 7.39. The van der Waals surface area contributed by atoms with E-state index in [0.717, 1.165) is 24.9 Å². The number of hydrogen-bond donors (Lipinski definition) is 2. The van der Waals surface area contributed by atoms with E-state index < -0.39 is 0 Å². The molecule has 0 aromatic heterocycles. The van der Waals surface area contributed by atoms with E-state index in [2.05, 4.69) is 65.2 Å². The molecule has 2 unspecified atom stereocenters. The van der Waals surface area contributed by atoms with E-state index in [4.69, 9.17) is 0 Å². The maximum atomic E-state index is 3.52. The van der Waals surface area contributed by atoms with Crippen molar-refractivity contribution in [3.8, 4) is 0 Å². The Labute approximate surface area is 121 Å². The van der Waals surface area contributed by atoms with E-state index in [1.54, 1.807) is 0 Å². The quantitative estimate of drug-likeness (QED) is 0.834. The zero-order valence-electron chi connectivity index (χ0n) is 12.0. The summed E-state index contributed by atoms with van der Waals surface area (Å²) in [5.74, 6) is 1.57. The average molecular weight is 266 g/mol. The fraction of sp³-hybridized carbons (Fsp3) is 0.333. The van der Waals surface area contributed by atoms with E-state index in [1.165, 1.54) is 23.2 Å². The molecule has 0 bridgehead atoms. The fourth-order valence-electron chi connectivity index (χ4n) is 2.82. The second-order valence-electron chi connectivity index (χ2n) is 5.62. The fourth-order valence-corrected chi connectivity index (χ4v) is 2.82. The minimum Gasteiger partial charge on any atom is -0.381 e. The normalized spacial score (nSPS) is 20.6. The molecule has 0 saturated heterocycles. The van der Waals surface area contributed by atoms with Crippen LogP contribution in [0.2, 0.25) is 0 Å². The molecule has 1 fully saturated rings. The van der Waals surface area contributed by atoms with Gasteiger partial charge in [-0.1, -0.05) is 42.5 Å². The third kappa shape index (κ3) is 3.20. The molecular weight excluding hydrogens is 244 g/mol. The summed E-state index contributed by atoms with van der Waals surface area (Å²) in [7, 11) is 2.03. The summed E-state index contributed by atoms with van der Waals surface area (Å²) in [5.41, 5.74) is 4.02. The van der Waals surface area contributed by atoms with E-state index in [0.29, 0.717) is 0 Å². The Balaban J connectivity index is 1.61. The Morgan fingerprint density at radius 1 is 1.05 bits per heavy atom. The lowest BCUT2D eigenvalue weighted by molar-refractivity contribution is 0.698. The largest absolute Gasteiger partial charge is 0.381 e. The van der Waals surface area contributed by atoms with Gasteiger partial charge in [-0.25, -0.2) is 0 Å². The van der Waals surface area contributed by atoms with Crippen molar-refractivity contribution in [1.29, 1.82) is 0 Å². The summed E-state index contributed by atoms with van der Waals surface area (Å²) in [6.07, 6.45) is 1.32. The molecule has 2 heteroatoms. The Bertz CT molecular complexity index is 550. The molecule has 0 radical (unpaired) electrons. The van der Waals surface area contributed by atoms with Crippen LogP contribution in [0.4, 0.5) is 5.69 Å². The predicted octanol–water partition coefficient (Wildman–Crippen LogP) is 3.62. The van der Waals surface area contributed by atoms with E-state index in [1.807, 2.05) is 7.05 Å². The van der Waals surface area contributed by atoms with Gasteiger partial charge in [0, 0.05) is 12.2 Å². The maximum Gasteiger partial charge on any atom is 0.0400 e. The van der Waals surface area contributed by atoms with Crippen molar-refractivity contribution >= 4 is 5.69 Å². The van der Waals surface area contributed by atoms with Gasteiger partial charge in [0.25, 0.3) is 0 Å². The second kappa shape index (κ2) is 6.10. The first-order valence-corrected chi connectivity index (χ1v) is 7.39. The van der Waals surface area contributed by atoms with Crippen molar-refractivity contribution in [2.75, 3.05) is 18.9 Å². The van der Waals surface area contributed by atoms with Crippen molar-refractivity contribution in [2.24, 2.45) is 5.92 Å². The van der Waals surface area contributed by atoms with Crippen molar-refractivity contribution in [2.45, 2.75) is 18.9 Å². The molecule has 0 aliphatic heterocycles. The van der Waals surface area contributed by atoms with Crippen LogP contribution in [0.1, 0.15) is 23.5 Å². The second-order valence-corrected chi connectivity index (χ2v) is 5.62. The molecule has 1 saturated carbocycles. The molecule has 1 aliphatic rings. The van der Waals surface area contributed by atoms with Crippen LogP contribution in [-0.2, 0) is 6.54 Å². The summed E-state index contributed by atoms with van der Waals surface area (Å²) < 4.78 is 0. The molecular formula is C18H22N2. The van der Waals surface area contributed by atoms with Gasteiger partial charge >= 0.3 is 0 Å². The molecule has 2 aromatic carbocycles. The van der Waals surface area contributed by atoms with Gasteiger partial charge < -0.3 is 10.6 Å². The van der Waals surface area contributed by atoms with Crippen LogP contribution in [0.5, 0.6) is 0 Å². The summed E-state index contributed by atoms with van der Waals surface area (Å²) >= 11 is 0. The lowest BCUT2D eigenvalue weighted by atomic mass is 10.1. The van der Waals surface area contributed by atoms with E-state index in [9.17, 15) is 0 Å². The Morgan fingerprint density at radius 2 is 1.90 bits per heavy atom. The number of benzene rings is 2. The number of anilines is 1. The molecule has 2 aromatic rings. The van der Waals surface area contributed by atoms with Crippen molar-refractivity contribution in [3.05, 3.63) is 65.7 Å². The number of rotatable bonds is 6. The van der Waals surface area contributed by atoms with Crippen LogP contribution >= 0.6 is 0 Å². The highest BCUT2D eigenvalue weighted by Crippen LogP contribution is 2.47. The van der Waals surface area contributed by atoms with Gasteiger partial charge in [-0.15, -0.1) is 0 Å². The minimum atomic E-state index is 0.751. The molecule has 20 heavy (non-hydrogen) atoms. The summed E-state index contributed by atoms with van der Waals surface area (Å²) in [5, 5.41) is 6.79. The zero-order chi connectivity index (χ0) is 13.8. The van der Waals surface area contributed by atoms with Crippen molar-refractivity contribution in [1.82, 2.24) is 5.32 Å². The standard InChI is InChI=1S/C18H22N2/c1-19-13-16-11-18(16)15-8-5-9-17(10-15)20-12-14-6-3-2-4-7-14/h2-10,16,18-20H,11-13H2,1H3. The van der Waals surface area contributed by atoms with Gasteiger partial charge in [0.1, 0.15) is 0 Å². The summed E-state index contributed by atoms with van der Waals surface area (Å²) in [6, 6.07) is 19.4. The Hall–Kier alpha value is -1.80. The highest BCUT2D eigenvalue weighted by atomic mass is 14.9. The van der Waals surface area contributed by atoms with Gasteiger partial charge in [-0.2, -0.15) is 0 Å². The van der Waals surface area contributed by atoms with Gasteiger partial charge in [-0.05, 0) is 55.1 Å². The SMILES string of the molecule is CNCC1CC1c1cccc(NCc2ccccc2)c1. The van der Waals surface area contributed by atoms with Crippen LogP contribution in [-0.4, -0.2) is 13.6 Å². The summed E-state index contributed by atoms with van der Waals surface area (Å²) in [4.78, 5) is 0. The molecule has 104 valence electrons. The van der Waals surface area contributed by atoms with Crippen LogP contribution in [0.3, 0.4) is 0 Å². The molecule has 0 spiro atoms. The van der Waals surface area contributed by atoms with Crippen LogP contribution < -0.4 is 10.6 Å². The number of nitrogens with one attached hydrogen (secondary N) is 2. The molecule has 2 atom stereocenters. The van der Waals surface area contributed by atoms with E-state index >= 15 is 0 Å². The smallest absolute Gasteiger partial charge is 0.0400 e. The van der Waals surface area contributed by atoms with Gasteiger partial charge in [-0.3, -0.25) is 0 Å². The van der Waals surface area contributed by atoms with Crippen molar-refractivity contribution in [3.63, 3.8) is 0 Å². The zero-order valence-corrected chi connectivity index (χ0v) is 12.0. The molecule has 1 aliphatic carbocycles. The maximum absolute atomic E-state index is 3.52. The third-order valence-electron chi connectivity index (χ3n) is 4.04. The highest BCUT2D eigenvalue weighted by Gasteiger charge is 2.37. The Morgan fingerprint density at radius 3 is 2.70 bits per heavy atom. The molecule has 3 rings (SSSR count). The third-order valence-corrected chi connectivity index (χ3v) is 4.04. The lowest BCUT2D eigenvalue weighted by Gasteiger charge is -2.08. The first kappa shape index (κ1) is 13.2. The molecule has 0 amide bonds. The topological polar surface area (TPSA) is 24.1 Å². The average Bonchev–Trinajstić information content (AvgIpc) is 3.26. The summed E-state index contributed by atoms with van der Waals surface area (Å²) in [6.45, 7) is 2.02. The predicted molar refractivity (Wildman–Crippen MR) is 85.0 cm³/mol.